The van der Waals surface area contributed by atoms with E-state index in [1.165, 1.54) is 24.6 Å². The molecule has 0 aliphatic rings. The van der Waals surface area contributed by atoms with Crippen molar-refractivity contribution in [2.45, 2.75) is 25.2 Å². The average Bonchev–Trinajstić information content (AvgIpc) is 2.47. The first kappa shape index (κ1) is 17.9. The minimum absolute atomic E-state index is 0.209. The van der Waals surface area contributed by atoms with E-state index in [9.17, 15) is 8.42 Å². The second kappa shape index (κ2) is 8.31. The van der Waals surface area contributed by atoms with Crippen molar-refractivity contribution in [2.24, 2.45) is 0 Å². The molecule has 1 aromatic rings. The zero-order chi connectivity index (χ0) is 15.9. The summed E-state index contributed by atoms with van der Waals surface area (Å²) in [5.41, 5.74) is 0. The highest BCUT2D eigenvalue weighted by molar-refractivity contribution is 7.89. The normalized spacial score (nSPS) is 12.1. The molecule has 0 aromatic carbocycles. The molecule has 6 nitrogen and oxygen atoms in total. The van der Waals surface area contributed by atoms with Crippen LogP contribution in [0.4, 0.5) is 5.82 Å². The van der Waals surface area contributed by atoms with E-state index in [-0.39, 0.29) is 4.90 Å². The molecule has 0 spiro atoms. The zero-order valence-electron chi connectivity index (χ0n) is 13.3. The van der Waals surface area contributed by atoms with Crippen molar-refractivity contribution in [1.29, 1.82) is 0 Å². The van der Waals surface area contributed by atoms with Crippen LogP contribution in [0.2, 0.25) is 0 Å². The number of nitrogens with zero attached hydrogens (tertiary/aromatic N) is 3. The third-order valence-electron chi connectivity index (χ3n) is 3.37. The summed E-state index contributed by atoms with van der Waals surface area (Å²) in [5, 5.41) is 3.21. The molecule has 0 unspecified atom stereocenters. The molecule has 0 aliphatic heterocycles. The van der Waals surface area contributed by atoms with Gasteiger partial charge in [0, 0.05) is 26.8 Å². The highest BCUT2D eigenvalue weighted by Gasteiger charge is 2.17. The Morgan fingerprint density at radius 3 is 2.33 bits per heavy atom. The molecule has 0 aliphatic carbocycles. The summed E-state index contributed by atoms with van der Waals surface area (Å²) in [6, 6.07) is 3.28. The fourth-order valence-corrected chi connectivity index (χ4v) is 2.75. The molecule has 7 heteroatoms. The molecule has 21 heavy (non-hydrogen) atoms. The molecular weight excluding hydrogens is 288 g/mol. The van der Waals surface area contributed by atoms with Gasteiger partial charge in [-0.2, -0.15) is 0 Å². The molecule has 0 amide bonds. The first-order chi connectivity index (χ1) is 9.91. The fraction of sp³-hybridized carbons (Fsp3) is 0.643. The van der Waals surface area contributed by atoms with Crippen molar-refractivity contribution >= 4 is 15.8 Å². The van der Waals surface area contributed by atoms with Crippen molar-refractivity contribution < 1.29 is 8.42 Å². The van der Waals surface area contributed by atoms with Gasteiger partial charge in [0.05, 0.1) is 0 Å². The molecule has 0 radical (unpaired) electrons. The molecule has 1 rings (SSSR count). The first-order valence-electron chi connectivity index (χ1n) is 7.26. The Morgan fingerprint density at radius 1 is 1.19 bits per heavy atom. The van der Waals surface area contributed by atoms with Crippen LogP contribution in [0.1, 0.15) is 20.3 Å². The van der Waals surface area contributed by atoms with Gasteiger partial charge >= 0.3 is 0 Å². The minimum Gasteiger partial charge on any atom is -0.370 e. The number of pyridine rings is 1. The second-order valence-electron chi connectivity index (χ2n) is 4.97. The summed E-state index contributed by atoms with van der Waals surface area (Å²) >= 11 is 0. The molecule has 1 aromatic heterocycles. The number of nitrogens with one attached hydrogen (secondary N) is 1. The van der Waals surface area contributed by atoms with E-state index in [1.807, 2.05) is 0 Å². The smallest absolute Gasteiger partial charge is 0.244 e. The van der Waals surface area contributed by atoms with Gasteiger partial charge in [0.25, 0.3) is 0 Å². The van der Waals surface area contributed by atoms with Crippen LogP contribution in [0.15, 0.2) is 23.2 Å². The van der Waals surface area contributed by atoms with E-state index in [1.54, 1.807) is 12.1 Å². The van der Waals surface area contributed by atoms with Crippen molar-refractivity contribution in [3.8, 4) is 0 Å². The van der Waals surface area contributed by atoms with Gasteiger partial charge in [-0.15, -0.1) is 0 Å². The molecule has 0 fully saturated rings. The Balaban J connectivity index is 2.49. The van der Waals surface area contributed by atoms with Crippen molar-refractivity contribution in [1.82, 2.24) is 14.2 Å². The summed E-state index contributed by atoms with van der Waals surface area (Å²) in [5.74, 6) is 0.701. The van der Waals surface area contributed by atoms with Crippen LogP contribution in [0, 0.1) is 0 Å². The molecule has 0 atom stereocenters. The first-order valence-corrected chi connectivity index (χ1v) is 8.70. The Labute approximate surface area is 128 Å². The number of aromatic nitrogens is 1. The van der Waals surface area contributed by atoms with Crippen LogP contribution in [0.5, 0.6) is 0 Å². The van der Waals surface area contributed by atoms with Gasteiger partial charge in [-0.05, 0) is 38.2 Å². The Morgan fingerprint density at radius 2 is 1.86 bits per heavy atom. The van der Waals surface area contributed by atoms with Crippen LogP contribution in [-0.2, 0) is 10.0 Å². The van der Waals surface area contributed by atoms with E-state index >= 15 is 0 Å². The van der Waals surface area contributed by atoms with Gasteiger partial charge in [0.2, 0.25) is 10.0 Å². The lowest BCUT2D eigenvalue weighted by atomic mass is 10.3. The number of anilines is 1. The monoisotopic (exact) mass is 314 g/mol. The summed E-state index contributed by atoms with van der Waals surface area (Å²) < 4.78 is 25.0. The van der Waals surface area contributed by atoms with Gasteiger partial charge in [-0.25, -0.2) is 17.7 Å². The average molecular weight is 314 g/mol. The predicted octanol–water partition coefficient (Wildman–Crippen LogP) is 1.48. The molecule has 1 heterocycles. The van der Waals surface area contributed by atoms with Gasteiger partial charge in [-0.1, -0.05) is 13.8 Å². The number of hydrogen-bond donors (Lipinski definition) is 1. The molecule has 0 bridgehead atoms. The Bertz CT molecular complexity index is 510. The van der Waals surface area contributed by atoms with Crippen LogP contribution in [0.25, 0.3) is 0 Å². The largest absolute Gasteiger partial charge is 0.370 e. The van der Waals surface area contributed by atoms with Gasteiger partial charge in [0.1, 0.15) is 10.7 Å². The van der Waals surface area contributed by atoms with Crippen LogP contribution in [0.3, 0.4) is 0 Å². The Kier molecular flexibility index (Phi) is 7.07. The third kappa shape index (κ3) is 5.26. The van der Waals surface area contributed by atoms with Gasteiger partial charge < -0.3 is 10.2 Å². The quantitative estimate of drug-likeness (QED) is 0.699. The third-order valence-corrected chi connectivity index (χ3v) is 5.17. The Hall–Kier alpha value is -1.18. The summed E-state index contributed by atoms with van der Waals surface area (Å²) in [6.45, 7) is 8.30. The van der Waals surface area contributed by atoms with Crippen molar-refractivity contribution in [3.63, 3.8) is 0 Å². The highest BCUT2D eigenvalue weighted by Crippen LogP contribution is 2.13. The van der Waals surface area contributed by atoms with E-state index in [2.05, 4.69) is 29.0 Å². The minimum atomic E-state index is -3.40. The molecule has 0 saturated carbocycles. The van der Waals surface area contributed by atoms with E-state index in [0.29, 0.717) is 5.82 Å². The molecule has 0 saturated heterocycles. The molecule has 120 valence electrons. The topological polar surface area (TPSA) is 65.5 Å². The summed E-state index contributed by atoms with van der Waals surface area (Å²) in [6.07, 6.45) is 2.42. The predicted molar refractivity (Wildman–Crippen MR) is 86.0 cm³/mol. The van der Waals surface area contributed by atoms with E-state index in [0.717, 1.165) is 32.6 Å². The lowest BCUT2D eigenvalue weighted by molar-refractivity contribution is 0.303. The number of sulfonamides is 1. The standard InChI is InChI=1S/C14H26N4O2S/c1-5-18(6-2)11-7-10-15-14-9-8-13(12-16-14)21(19,20)17(3)4/h8-9,12H,5-7,10-11H2,1-4H3,(H,15,16). The van der Waals surface area contributed by atoms with Crippen molar-refractivity contribution in [2.75, 3.05) is 45.6 Å². The second-order valence-corrected chi connectivity index (χ2v) is 7.13. The van der Waals surface area contributed by atoms with Crippen LogP contribution >= 0.6 is 0 Å². The zero-order valence-corrected chi connectivity index (χ0v) is 14.2. The van der Waals surface area contributed by atoms with Gasteiger partial charge in [0.15, 0.2) is 0 Å². The fourth-order valence-electron chi connectivity index (χ4n) is 1.91. The molecular formula is C14H26N4O2S. The van der Waals surface area contributed by atoms with E-state index < -0.39 is 10.0 Å². The van der Waals surface area contributed by atoms with Crippen LogP contribution < -0.4 is 5.32 Å². The highest BCUT2D eigenvalue weighted by atomic mass is 32.2. The van der Waals surface area contributed by atoms with E-state index in [4.69, 9.17) is 0 Å². The van der Waals surface area contributed by atoms with Crippen molar-refractivity contribution in [3.05, 3.63) is 18.3 Å². The summed E-state index contributed by atoms with van der Waals surface area (Å²) in [4.78, 5) is 6.73. The lowest BCUT2D eigenvalue weighted by Crippen LogP contribution is -2.25. The lowest BCUT2D eigenvalue weighted by Gasteiger charge is -2.17. The SMILES string of the molecule is CCN(CC)CCCNc1ccc(S(=O)(=O)N(C)C)cn1. The number of hydrogen-bond acceptors (Lipinski definition) is 5. The molecule has 1 N–H and O–H groups in total. The van der Waals surface area contributed by atoms with Crippen LogP contribution in [-0.4, -0.2) is 62.9 Å². The maximum atomic E-state index is 11.9. The maximum Gasteiger partial charge on any atom is 0.244 e. The summed E-state index contributed by atoms with van der Waals surface area (Å²) in [7, 11) is -0.383. The van der Waals surface area contributed by atoms with Gasteiger partial charge in [-0.3, -0.25) is 0 Å². The maximum absolute atomic E-state index is 11.9. The number of rotatable bonds is 9.